The van der Waals surface area contributed by atoms with Crippen LogP contribution in [0.15, 0.2) is 30.3 Å². The minimum Gasteiger partial charge on any atom is -0.379 e. The summed E-state index contributed by atoms with van der Waals surface area (Å²) in [5, 5.41) is 2.91. The Kier molecular flexibility index (Phi) is 6.30. The SMILES string of the molecule is O=C(NC[C@H](c1ccc(F)cc1)N1CCOCC1)c1cc(Cl)sc1Cl. The first-order valence-corrected chi connectivity index (χ1v) is 9.42. The smallest absolute Gasteiger partial charge is 0.253 e. The van der Waals surface area contributed by atoms with Crippen LogP contribution in [0.5, 0.6) is 0 Å². The Balaban J connectivity index is 1.74. The summed E-state index contributed by atoms with van der Waals surface area (Å²) in [6.07, 6.45) is 0. The third kappa shape index (κ3) is 4.71. The quantitative estimate of drug-likeness (QED) is 0.821. The summed E-state index contributed by atoms with van der Waals surface area (Å²) >= 11 is 13.1. The van der Waals surface area contributed by atoms with Gasteiger partial charge >= 0.3 is 0 Å². The van der Waals surface area contributed by atoms with Crippen molar-refractivity contribution in [3.8, 4) is 0 Å². The number of rotatable bonds is 5. The number of carbonyl (C=O) groups excluding carboxylic acids is 1. The molecular formula is C17H17Cl2FN2O2S. The van der Waals surface area contributed by atoms with Crippen molar-refractivity contribution >= 4 is 40.4 Å². The molecule has 1 saturated heterocycles. The van der Waals surface area contributed by atoms with Crippen LogP contribution in [0.2, 0.25) is 8.67 Å². The zero-order chi connectivity index (χ0) is 17.8. The molecule has 1 aromatic carbocycles. The Hall–Kier alpha value is -1.18. The standard InChI is InChI=1S/C17H17Cl2FN2O2S/c18-15-9-13(16(19)25-15)17(23)21-10-14(22-5-7-24-8-6-22)11-1-3-12(20)4-2-11/h1-4,9,14H,5-8,10H2,(H,21,23)/t14-/m1/s1. The Morgan fingerprint density at radius 3 is 2.56 bits per heavy atom. The largest absolute Gasteiger partial charge is 0.379 e. The van der Waals surface area contributed by atoms with Crippen molar-refractivity contribution in [2.45, 2.75) is 6.04 Å². The lowest BCUT2D eigenvalue weighted by atomic mass is 10.0. The predicted molar refractivity (Wildman–Crippen MR) is 98.2 cm³/mol. The van der Waals surface area contributed by atoms with E-state index in [0.29, 0.717) is 34.0 Å². The average Bonchev–Trinajstić information content (AvgIpc) is 2.96. The van der Waals surface area contributed by atoms with E-state index in [0.717, 1.165) is 30.0 Å². The van der Waals surface area contributed by atoms with Crippen LogP contribution in [-0.4, -0.2) is 43.7 Å². The highest BCUT2D eigenvalue weighted by atomic mass is 35.5. The lowest BCUT2D eigenvalue weighted by Crippen LogP contribution is -2.43. The zero-order valence-corrected chi connectivity index (χ0v) is 15.6. The molecule has 3 rings (SSSR count). The highest BCUT2D eigenvalue weighted by molar-refractivity contribution is 7.20. The van der Waals surface area contributed by atoms with Gasteiger partial charge in [-0.1, -0.05) is 35.3 Å². The molecule has 0 saturated carbocycles. The molecule has 0 bridgehead atoms. The first-order valence-electron chi connectivity index (χ1n) is 7.85. The molecule has 1 amide bonds. The maximum absolute atomic E-state index is 13.2. The van der Waals surface area contributed by atoms with Crippen LogP contribution in [0.1, 0.15) is 22.0 Å². The van der Waals surface area contributed by atoms with Crippen molar-refractivity contribution in [1.29, 1.82) is 0 Å². The highest BCUT2D eigenvalue weighted by Crippen LogP contribution is 2.31. The number of ether oxygens (including phenoxy) is 1. The molecule has 0 unspecified atom stereocenters. The molecule has 4 nitrogen and oxygen atoms in total. The molecule has 8 heteroatoms. The summed E-state index contributed by atoms with van der Waals surface area (Å²) in [5.74, 6) is -0.554. The number of amides is 1. The summed E-state index contributed by atoms with van der Waals surface area (Å²) in [6, 6.07) is 7.85. The highest BCUT2D eigenvalue weighted by Gasteiger charge is 2.24. The van der Waals surface area contributed by atoms with Crippen LogP contribution in [0.4, 0.5) is 4.39 Å². The van der Waals surface area contributed by atoms with E-state index < -0.39 is 0 Å². The second-order valence-electron chi connectivity index (χ2n) is 5.66. The van der Waals surface area contributed by atoms with Crippen LogP contribution < -0.4 is 5.32 Å². The molecular weight excluding hydrogens is 386 g/mol. The topological polar surface area (TPSA) is 41.6 Å². The predicted octanol–water partition coefficient (Wildman–Crippen LogP) is 4.00. The Morgan fingerprint density at radius 2 is 1.96 bits per heavy atom. The second kappa shape index (κ2) is 8.47. The molecule has 1 N–H and O–H groups in total. The lowest BCUT2D eigenvalue weighted by Gasteiger charge is -2.35. The molecule has 2 aromatic rings. The first-order chi connectivity index (χ1) is 12.0. The number of benzene rings is 1. The van der Waals surface area contributed by atoms with Gasteiger partial charge in [0.15, 0.2) is 0 Å². The third-order valence-corrected chi connectivity index (χ3v) is 5.59. The Bertz CT molecular complexity index is 733. The summed E-state index contributed by atoms with van der Waals surface area (Å²) in [6.45, 7) is 3.16. The van der Waals surface area contributed by atoms with E-state index in [4.69, 9.17) is 27.9 Å². The molecule has 1 fully saturated rings. The average molecular weight is 403 g/mol. The Labute approximate surface area is 159 Å². The van der Waals surface area contributed by atoms with Crippen molar-refractivity contribution < 1.29 is 13.9 Å². The molecule has 0 aliphatic carbocycles. The number of hydrogen-bond acceptors (Lipinski definition) is 4. The van der Waals surface area contributed by atoms with Gasteiger partial charge < -0.3 is 10.1 Å². The fourth-order valence-electron chi connectivity index (χ4n) is 2.81. The molecule has 2 heterocycles. The van der Waals surface area contributed by atoms with Crippen LogP contribution >= 0.6 is 34.5 Å². The van der Waals surface area contributed by atoms with Gasteiger partial charge in [-0.3, -0.25) is 9.69 Å². The zero-order valence-electron chi connectivity index (χ0n) is 13.3. The van der Waals surface area contributed by atoms with Crippen LogP contribution in [0, 0.1) is 5.82 Å². The summed E-state index contributed by atoms with van der Waals surface area (Å²) in [5.41, 5.74) is 1.31. The van der Waals surface area contributed by atoms with Crippen LogP contribution in [-0.2, 0) is 4.74 Å². The van der Waals surface area contributed by atoms with E-state index in [9.17, 15) is 9.18 Å². The number of hydrogen-bond donors (Lipinski definition) is 1. The van der Waals surface area contributed by atoms with Gasteiger partial charge in [-0.15, -0.1) is 11.3 Å². The van der Waals surface area contributed by atoms with Crippen molar-refractivity contribution in [2.24, 2.45) is 0 Å². The summed E-state index contributed by atoms with van der Waals surface area (Å²) in [7, 11) is 0. The number of carbonyl (C=O) groups is 1. The Morgan fingerprint density at radius 1 is 1.28 bits per heavy atom. The molecule has 0 radical (unpaired) electrons. The van der Waals surface area contributed by atoms with Gasteiger partial charge in [-0.25, -0.2) is 4.39 Å². The maximum Gasteiger partial charge on any atom is 0.253 e. The number of morpholine rings is 1. The molecule has 0 spiro atoms. The van der Waals surface area contributed by atoms with Crippen LogP contribution in [0.25, 0.3) is 0 Å². The van der Waals surface area contributed by atoms with E-state index in [2.05, 4.69) is 10.2 Å². The van der Waals surface area contributed by atoms with E-state index in [1.165, 1.54) is 12.1 Å². The fraction of sp³-hybridized carbons (Fsp3) is 0.353. The van der Waals surface area contributed by atoms with Crippen LogP contribution in [0.3, 0.4) is 0 Å². The van der Waals surface area contributed by atoms with Gasteiger partial charge in [-0.2, -0.15) is 0 Å². The van der Waals surface area contributed by atoms with E-state index >= 15 is 0 Å². The van der Waals surface area contributed by atoms with Gasteiger partial charge in [-0.05, 0) is 23.8 Å². The molecule has 1 aromatic heterocycles. The van der Waals surface area contributed by atoms with Crippen molar-refractivity contribution in [1.82, 2.24) is 10.2 Å². The summed E-state index contributed by atoms with van der Waals surface area (Å²) < 4.78 is 19.5. The van der Waals surface area contributed by atoms with Gasteiger partial charge in [0.25, 0.3) is 5.91 Å². The van der Waals surface area contributed by atoms with Crippen molar-refractivity contribution in [3.63, 3.8) is 0 Å². The third-order valence-electron chi connectivity index (χ3n) is 4.10. The van der Waals surface area contributed by atoms with Crippen molar-refractivity contribution in [3.05, 3.63) is 55.9 Å². The van der Waals surface area contributed by atoms with E-state index in [1.807, 2.05) is 0 Å². The number of halogens is 3. The first kappa shape index (κ1) is 18.6. The summed E-state index contributed by atoms with van der Waals surface area (Å²) in [4.78, 5) is 14.6. The van der Waals surface area contributed by atoms with Gasteiger partial charge in [0.05, 0.1) is 29.2 Å². The minimum absolute atomic E-state index is 0.0682. The monoisotopic (exact) mass is 402 g/mol. The van der Waals surface area contributed by atoms with Crippen molar-refractivity contribution in [2.75, 3.05) is 32.8 Å². The molecule has 1 aliphatic rings. The number of nitrogens with zero attached hydrogens (tertiary/aromatic N) is 1. The van der Waals surface area contributed by atoms with Gasteiger partial charge in [0, 0.05) is 19.6 Å². The number of thiophene rings is 1. The number of nitrogens with one attached hydrogen (secondary N) is 1. The van der Waals surface area contributed by atoms with E-state index in [1.54, 1.807) is 18.2 Å². The van der Waals surface area contributed by atoms with Gasteiger partial charge in [0.2, 0.25) is 0 Å². The molecule has 25 heavy (non-hydrogen) atoms. The second-order valence-corrected chi connectivity index (χ2v) is 7.95. The maximum atomic E-state index is 13.2. The minimum atomic E-state index is -0.284. The fourth-order valence-corrected chi connectivity index (χ4v) is 4.27. The van der Waals surface area contributed by atoms with E-state index in [-0.39, 0.29) is 17.8 Å². The van der Waals surface area contributed by atoms with Gasteiger partial charge in [0.1, 0.15) is 10.2 Å². The lowest BCUT2D eigenvalue weighted by molar-refractivity contribution is 0.0162. The normalized spacial score (nSPS) is 16.6. The molecule has 1 aliphatic heterocycles. The molecule has 134 valence electrons. The molecule has 1 atom stereocenters.